The van der Waals surface area contributed by atoms with Gasteiger partial charge in [0.25, 0.3) is 0 Å². The quantitative estimate of drug-likeness (QED) is 0.687. The van der Waals surface area contributed by atoms with E-state index in [9.17, 15) is 9.90 Å². The molecule has 0 radical (unpaired) electrons. The Balaban J connectivity index is 3.50. The van der Waals surface area contributed by atoms with Gasteiger partial charge in [-0.25, -0.2) is 9.78 Å². The molecule has 0 aromatic carbocycles. The second kappa shape index (κ2) is 3.05. The summed E-state index contributed by atoms with van der Waals surface area (Å²) in [5, 5.41) is 18.1. The lowest BCUT2D eigenvalue weighted by atomic mass is 10.1. The third-order valence-corrected chi connectivity index (χ3v) is 2.17. The lowest BCUT2D eigenvalue weighted by molar-refractivity contribution is 0.0686. The molecule has 1 aromatic rings. The second-order valence-electron chi connectivity index (χ2n) is 2.95. The van der Waals surface area contributed by atoms with Crippen LogP contribution in [-0.2, 0) is 0 Å². The molecule has 13 heavy (non-hydrogen) atoms. The van der Waals surface area contributed by atoms with Gasteiger partial charge in [0.1, 0.15) is 0 Å². The normalized spacial score (nSPS) is 10.1. The zero-order valence-corrected chi connectivity index (χ0v) is 7.75. The van der Waals surface area contributed by atoms with Crippen molar-refractivity contribution in [1.29, 1.82) is 0 Å². The minimum absolute atomic E-state index is 0.240. The molecule has 4 heteroatoms. The summed E-state index contributed by atoms with van der Waals surface area (Å²) in [7, 11) is 0. The van der Waals surface area contributed by atoms with E-state index >= 15 is 0 Å². The summed E-state index contributed by atoms with van der Waals surface area (Å²) in [6.07, 6.45) is 0. The van der Waals surface area contributed by atoms with Crippen LogP contribution in [0.4, 0.5) is 0 Å². The molecule has 0 amide bonds. The van der Waals surface area contributed by atoms with E-state index in [-0.39, 0.29) is 11.4 Å². The number of aryl methyl sites for hydroxylation is 1. The van der Waals surface area contributed by atoms with Gasteiger partial charge in [-0.2, -0.15) is 0 Å². The van der Waals surface area contributed by atoms with Crippen molar-refractivity contribution in [3.05, 3.63) is 22.5 Å². The average molecular weight is 181 g/mol. The Morgan fingerprint density at radius 1 is 1.23 bits per heavy atom. The molecule has 0 aliphatic heterocycles. The first-order chi connectivity index (χ1) is 5.95. The van der Waals surface area contributed by atoms with Crippen LogP contribution in [-0.4, -0.2) is 21.2 Å². The maximum absolute atomic E-state index is 10.6. The van der Waals surface area contributed by atoms with Crippen molar-refractivity contribution in [2.24, 2.45) is 0 Å². The summed E-state index contributed by atoms with van der Waals surface area (Å²) in [5.41, 5.74) is 1.75. The monoisotopic (exact) mass is 181 g/mol. The highest BCUT2D eigenvalue weighted by atomic mass is 16.4. The van der Waals surface area contributed by atoms with Crippen molar-refractivity contribution < 1.29 is 15.0 Å². The number of pyridine rings is 1. The summed E-state index contributed by atoms with van der Waals surface area (Å²) < 4.78 is 0. The van der Waals surface area contributed by atoms with Gasteiger partial charge in [-0.05, 0) is 31.9 Å². The van der Waals surface area contributed by atoms with Crippen LogP contribution >= 0.6 is 0 Å². The highest BCUT2D eigenvalue weighted by Crippen LogP contribution is 2.24. The molecular formula is C9H11NO3. The van der Waals surface area contributed by atoms with E-state index in [2.05, 4.69) is 4.98 Å². The van der Waals surface area contributed by atoms with Crippen LogP contribution < -0.4 is 0 Å². The van der Waals surface area contributed by atoms with Crippen molar-refractivity contribution in [2.75, 3.05) is 0 Å². The van der Waals surface area contributed by atoms with Gasteiger partial charge in [0.2, 0.25) is 0 Å². The van der Waals surface area contributed by atoms with Crippen LogP contribution in [0.3, 0.4) is 0 Å². The van der Waals surface area contributed by atoms with Gasteiger partial charge < -0.3 is 10.2 Å². The third kappa shape index (κ3) is 1.47. The summed E-state index contributed by atoms with van der Waals surface area (Å²) >= 11 is 0. The third-order valence-electron chi connectivity index (χ3n) is 2.17. The van der Waals surface area contributed by atoms with Crippen LogP contribution in [0.2, 0.25) is 0 Å². The Bertz CT molecular complexity index is 372. The molecule has 0 saturated carbocycles. The number of rotatable bonds is 1. The van der Waals surface area contributed by atoms with Gasteiger partial charge in [0, 0.05) is 5.69 Å². The number of hydrogen-bond acceptors (Lipinski definition) is 3. The molecule has 0 unspecified atom stereocenters. The maximum Gasteiger partial charge on any atom is 0.358 e. The average Bonchev–Trinajstić information content (AvgIpc) is 2.07. The first-order valence-electron chi connectivity index (χ1n) is 3.85. The standard InChI is InChI=1S/C9H11NO3/c1-4-5(2)8(11)7(9(12)13)10-6(4)3/h11H,1-3H3,(H,12,13). The topological polar surface area (TPSA) is 70.4 Å². The van der Waals surface area contributed by atoms with Crippen LogP contribution in [0.25, 0.3) is 0 Å². The van der Waals surface area contributed by atoms with Gasteiger partial charge in [-0.1, -0.05) is 0 Å². The van der Waals surface area contributed by atoms with Crippen LogP contribution in [0.5, 0.6) is 5.75 Å². The molecule has 4 nitrogen and oxygen atoms in total. The Morgan fingerprint density at radius 3 is 2.23 bits per heavy atom. The number of carboxylic acid groups (broad SMARTS) is 1. The molecular weight excluding hydrogens is 170 g/mol. The molecule has 0 saturated heterocycles. The number of aromatic carboxylic acids is 1. The van der Waals surface area contributed by atoms with Crippen molar-refractivity contribution in [2.45, 2.75) is 20.8 Å². The smallest absolute Gasteiger partial charge is 0.358 e. The Morgan fingerprint density at radius 2 is 1.77 bits per heavy atom. The largest absolute Gasteiger partial charge is 0.505 e. The van der Waals surface area contributed by atoms with Crippen LogP contribution in [0.15, 0.2) is 0 Å². The molecule has 70 valence electrons. The van der Waals surface area contributed by atoms with Crippen LogP contribution in [0, 0.1) is 20.8 Å². The van der Waals surface area contributed by atoms with E-state index in [1.807, 2.05) is 0 Å². The van der Waals surface area contributed by atoms with E-state index in [1.54, 1.807) is 20.8 Å². The summed E-state index contributed by atoms with van der Waals surface area (Å²) in [6, 6.07) is 0. The van der Waals surface area contributed by atoms with E-state index in [0.29, 0.717) is 11.3 Å². The zero-order valence-electron chi connectivity index (χ0n) is 7.75. The molecule has 1 aromatic heterocycles. The minimum Gasteiger partial charge on any atom is -0.505 e. The Hall–Kier alpha value is -1.58. The molecule has 0 spiro atoms. The number of carboxylic acids is 1. The fraction of sp³-hybridized carbons (Fsp3) is 0.333. The Labute approximate surface area is 75.9 Å². The highest BCUT2D eigenvalue weighted by Gasteiger charge is 2.16. The second-order valence-corrected chi connectivity index (χ2v) is 2.95. The molecule has 0 atom stereocenters. The van der Waals surface area contributed by atoms with Crippen molar-refractivity contribution in [3.8, 4) is 5.75 Å². The van der Waals surface area contributed by atoms with E-state index in [1.165, 1.54) is 0 Å². The number of aromatic nitrogens is 1. The lowest BCUT2D eigenvalue weighted by Gasteiger charge is -2.08. The van der Waals surface area contributed by atoms with E-state index < -0.39 is 5.97 Å². The molecule has 0 fully saturated rings. The van der Waals surface area contributed by atoms with E-state index in [0.717, 1.165) is 5.56 Å². The predicted molar refractivity (Wildman–Crippen MR) is 47.1 cm³/mol. The number of hydrogen-bond donors (Lipinski definition) is 2. The van der Waals surface area contributed by atoms with Crippen molar-refractivity contribution in [1.82, 2.24) is 4.98 Å². The molecule has 0 bridgehead atoms. The number of aromatic hydroxyl groups is 1. The first kappa shape index (κ1) is 9.51. The SMILES string of the molecule is Cc1nc(C(=O)O)c(O)c(C)c1C. The zero-order chi connectivity index (χ0) is 10.2. The van der Waals surface area contributed by atoms with Crippen LogP contribution in [0.1, 0.15) is 27.3 Å². The first-order valence-corrected chi connectivity index (χ1v) is 3.85. The number of nitrogens with zero attached hydrogens (tertiary/aromatic N) is 1. The molecule has 1 heterocycles. The van der Waals surface area contributed by atoms with Crippen molar-refractivity contribution >= 4 is 5.97 Å². The maximum atomic E-state index is 10.6. The van der Waals surface area contributed by atoms with Gasteiger partial charge in [-0.3, -0.25) is 0 Å². The molecule has 2 N–H and O–H groups in total. The summed E-state index contributed by atoms with van der Waals surface area (Å²) in [6.45, 7) is 5.18. The van der Waals surface area contributed by atoms with Gasteiger partial charge in [0.05, 0.1) is 0 Å². The van der Waals surface area contributed by atoms with E-state index in [4.69, 9.17) is 5.11 Å². The fourth-order valence-electron chi connectivity index (χ4n) is 1.08. The molecule has 0 aliphatic rings. The Kier molecular flexibility index (Phi) is 2.23. The molecule has 0 aliphatic carbocycles. The number of carbonyl (C=O) groups is 1. The van der Waals surface area contributed by atoms with Crippen molar-refractivity contribution in [3.63, 3.8) is 0 Å². The summed E-state index contributed by atoms with van der Waals surface area (Å²) in [5.74, 6) is -1.45. The fourth-order valence-corrected chi connectivity index (χ4v) is 1.08. The minimum atomic E-state index is -1.20. The highest BCUT2D eigenvalue weighted by molar-refractivity contribution is 5.89. The van der Waals surface area contributed by atoms with Gasteiger partial charge in [0.15, 0.2) is 11.4 Å². The predicted octanol–water partition coefficient (Wildman–Crippen LogP) is 1.41. The lowest BCUT2D eigenvalue weighted by Crippen LogP contribution is -2.05. The van der Waals surface area contributed by atoms with Gasteiger partial charge >= 0.3 is 5.97 Å². The molecule has 1 rings (SSSR count). The van der Waals surface area contributed by atoms with Gasteiger partial charge in [-0.15, -0.1) is 0 Å². The summed E-state index contributed by atoms with van der Waals surface area (Å²) in [4.78, 5) is 14.4.